The van der Waals surface area contributed by atoms with Gasteiger partial charge in [-0.05, 0) is 26.8 Å². The molecule has 0 bridgehead atoms. The SMILES string of the molecule is CCOC(=O)C(C#N)=CNNC(=O)c1cc(C)oc1C. The standard InChI is InChI=1S/C13H15N3O4/c1-4-19-13(18)10(6-14)7-15-16-12(17)11-5-8(2)20-9(11)3/h5,7,15H,4H2,1-3H3,(H,16,17). The molecule has 0 aromatic carbocycles. The number of furan rings is 1. The fourth-order valence-corrected chi connectivity index (χ4v) is 1.44. The fraction of sp³-hybridized carbons (Fsp3) is 0.308. The minimum Gasteiger partial charge on any atom is -0.466 e. The summed E-state index contributed by atoms with van der Waals surface area (Å²) in [5, 5.41) is 8.77. The molecule has 106 valence electrons. The van der Waals surface area contributed by atoms with Crippen LogP contribution in [0.3, 0.4) is 0 Å². The third kappa shape index (κ3) is 3.88. The molecular formula is C13H15N3O4. The quantitative estimate of drug-likeness (QED) is 0.361. The van der Waals surface area contributed by atoms with Gasteiger partial charge in [-0.15, -0.1) is 0 Å². The van der Waals surface area contributed by atoms with E-state index in [9.17, 15) is 9.59 Å². The van der Waals surface area contributed by atoms with Crippen molar-refractivity contribution < 1.29 is 18.7 Å². The van der Waals surface area contributed by atoms with Gasteiger partial charge in [0, 0.05) is 6.20 Å². The maximum Gasteiger partial charge on any atom is 0.350 e. The number of hydrogen-bond donors (Lipinski definition) is 2. The first-order chi connectivity index (χ1) is 9.49. The average molecular weight is 277 g/mol. The Balaban J connectivity index is 2.63. The monoisotopic (exact) mass is 277 g/mol. The number of aryl methyl sites for hydroxylation is 2. The van der Waals surface area contributed by atoms with Crippen LogP contribution in [-0.4, -0.2) is 18.5 Å². The number of ether oxygens (including phenoxy) is 1. The van der Waals surface area contributed by atoms with E-state index in [0.29, 0.717) is 17.1 Å². The maximum atomic E-state index is 11.8. The van der Waals surface area contributed by atoms with Crippen molar-refractivity contribution in [2.45, 2.75) is 20.8 Å². The molecule has 1 rings (SSSR count). The van der Waals surface area contributed by atoms with Crippen molar-refractivity contribution >= 4 is 11.9 Å². The number of rotatable bonds is 5. The molecule has 1 heterocycles. The van der Waals surface area contributed by atoms with Crippen molar-refractivity contribution in [2.24, 2.45) is 0 Å². The van der Waals surface area contributed by atoms with Gasteiger partial charge in [0.2, 0.25) is 0 Å². The minimum atomic E-state index is -0.757. The summed E-state index contributed by atoms with van der Waals surface area (Å²) in [7, 11) is 0. The second-order valence-electron chi connectivity index (χ2n) is 3.82. The summed E-state index contributed by atoms with van der Waals surface area (Å²) < 4.78 is 9.89. The Labute approximate surface area is 116 Å². The number of esters is 1. The van der Waals surface area contributed by atoms with Crippen molar-refractivity contribution in [3.05, 3.63) is 34.9 Å². The predicted molar refractivity (Wildman–Crippen MR) is 69.1 cm³/mol. The molecular weight excluding hydrogens is 262 g/mol. The average Bonchev–Trinajstić information content (AvgIpc) is 2.73. The zero-order valence-electron chi connectivity index (χ0n) is 11.4. The molecule has 0 spiro atoms. The van der Waals surface area contributed by atoms with Crippen LogP contribution in [0.25, 0.3) is 0 Å². The number of carbonyl (C=O) groups is 2. The second kappa shape index (κ2) is 6.99. The van der Waals surface area contributed by atoms with Gasteiger partial charge in [0.25, 0.3) is 5.91 Å². The van der Waals surface area contributed by atoms with Gasteiger partial charge in [-0.2, -0.15) is 5.26 Å². The molecule has 7 nitrogen and oxygen atoms in total. The molecule has 0 saturated carbocycles. The van der Waals surface area contributed by atoms with E-state index in [1.807, 2.05) is 0 Å². The molecule has 1 amide bonds. The maximum absolute atomic E-state index is 11.8. The number of nitrogens with one attached hydrogen (secondary N) is 2. The van der Waals surface area contributed by atoms with Crippen molar-refractivity contribution in [1.29, 1.82) is 5.26 Å². The molecule has 7 heteroatoms. The largest absolute Gasteiger partial charge is 0.466 e. The van der Waals surface area contributed by atoms with Gasteiger partial charge in [0.05, 0.1) is 12.2 Å². The predicted octanol–water partition coefficient (Wildman–Crippen LogP) is 1.10. The van der Waals surface area contributed by atoms with Gasteiger partial charge < -0.3 is 14.6 Å². The van der Waals surface area contributed by atoms with Crippen molar-refractivity contribution in [3.63, 3.8) is 0 Å². The van der Waals surface area contributed by atoms with E-state index in [2.05, 4.69) is 15.6 Å². The van der Waals surface area contributed by atoms with Crippen molar-refractivity contribution in [2.75, 3.05) is 6.61 Å². The number of hydrogen-bond acceptors (Lipinski definition) is 6. The van der Waals surface area contributed by atoms with Gasteiger partial charge in [-0.1, -0.05) is 0 Å². The zero-order chi connectivity index (χ0) is 15.1. The van der Waals surface area contributed by atoms with Crippen molar-refractivity contribution in [3.8, 4) is 6.07 Å². The summed E-state index contributed by atoms with van der Waals surface area (Å²) in [6.45, 7) is 5.19. The topological polar surface area (TPSA) is 104 Å². The van der Waals surface area contributed by atoms with E-state index in [1.165, 1.54) is 0 Å². The van der Waals surface area contributed by atoms with E-state index in [-0.39, 0.29) is 12.2 Å². The first-order valence-corrected chi connectivity index (χ1v) is 5.89. The van der Waals surface area contributed by atoms with E-state index < -0.39 is 11.9 Å². The highest BCUT2D eigenvalue weighted by molar-refractivity contribution is 5.95. The number of carbonyl (C=O) groups excluding carboxylic acids is 2. The summed E-state index contributed by atoms with van der Waals surface area (Å²) in [6.07, 6.45) is 1.07. The van der Waals surface area contributed by atoms with Gasteiger partial charge >= 0.3 is 5.97 Å². The summed E-state index contributed by atoms with van der Waals surface area (Å²) in [5.74, 6) is -0.0899. The van der Waals surface area contributed by atoms with Crippen LogP contribution in [0.4, 0.5) is 0 Å². The van der Waals surface area contributed by atoms with Crippen LogP contribution < -0.4 is 10.9 Å². The minimum absolute atomic E-state index is 0.164. The van der Waals surface area contributed by atoms with Crippen LogP contribution in [0.15, 0.2) is 22.3 Å². The molecule has 0 radical (unpaired) electrons. The normalized spacial score (nSPS) is 10.6. The molecule has 0 aliphatic heterocycles. The highest BCUT2D eigenvalue weighted by Gasteiger charge is 2.13. The lowest BCUT2D eigenvalue weighted by molar-refractivity contribution is -0.138. The summed E-state index contributed by atoms with van der Waals surface area (Å²) in [6, 6.07) is 3.26. The Kier molecular flexibility index (Phi) is 5.35. The third-order valence-electron chi connectivity index (χ3n) is 2.30. The fourth-order valence-electron chi connectivity index (χ4n) is 1.44. The molecule has 0 fully saturated rings. The third-order valence-corrected chi connectivity index (χ3v) is 2.30. The summed E-state index contributed by atoms with van der Waals surface area (Å²) in [5.41, 5.74) is 4.84. The van der Waals surface area contributed by atoms with Crippen LogP contribution in [0.2, 0.25) is 0 Å². The van der Waals surface area contributed by atoms with E-state index in [4.69, 9.17) is 9.68 Å². The lowest BCUT2D eigenvalue weighted by atomic mass is 10.2. The highest BCUT2D eigenvalue weighted by Crippen LogP contribution is 2.12. The number of hydrazine groups is 1. The molecule has 1 aromatic rings. The van der Waals surface area contributed by atoms with E-state index in [0.717, 1.165) is 6.20 Å². The van der Waals surface area contributed by atoms with Gasteiger partial charge in [0.15, 0.2) is 5.57 Å². The van der Waals surface area contributed by atoms with Crippen LogP contribution in [-0.2, 0) is 9.53 Å². The molecule has 0 aliphatic rings. The van der Waals surface area contributed by atoms with Crippen LogP contribution in [0.5, 0.6) is 0 Å². The molecule has 20 heavy (non-hydrogen) atoms. The lowest BCUT2D eigenvalue weighted by Crippen LogP contribution is -2.34. The second-order valence-corrected chi connectivity index (χ2v) is 3.82. The summed E-state index contributed by atoms with van der Waals surface area (Å²) in [4.78, 5) is 23.1. The molecule has 0 atom stereocenters. The summed E-state index contributed by atoms with van der Waals surface area (Å²) >= 11 is 0. The zero-order valence-corrected chi connectivity index (χ0v) is 11.4. The first-order valence-electron chi connectivity index (χ1n) is 5.89. The van der Waals surface area contributed by atoms with Crippen LogP contribution in [0.1, 0.15) is 28.8 Å². The molecule has 1 aromatic heterocycles. The lowest BCUT2D eigenvalue weighted by Gasteiger charge is -2.04. The molecule has 2 N–H and O–H groups in total. The van der Waals surface area contributed by atoms with Gasteiger partial charge in [-0.3, -0.25) is 10.2 Å². The number of nitriles is 1. The van der Waals surface area contributed by atoms with Gasteiger partial charge in [-0.25, -0.2) is 4.79 Å². The molecule has 0 saturated heterocycles. The Morgan fingerprint density at radius 2 is 2.20 bits per heavy atom. The molecule has 0 unspecified atom stereocenters. The Hall–Kier alpha value is -2.75. The smallest absolute Gasteiger partial charge is 0.350 e. The highest BCUT2D eigenvalue weighted by atomic mass is 16.5. The number of nitrogens with zero attached hydrogens (tertiary/aromatic N) is 1. The van der Waals surface area contributed by atoms with Crippen LogP contribution >= 0.6 is 0 Å². The molecule has 0 aliphatic carbocycles. The van der Waals surface area contributed by atoms with Crippen LogP contribution in [0, 0.1) is 25.2 Å². The Morgan fingerprint density at radius 1 is 1.50 bits per heavy atom. The van der Waals surface area contributed by atoms with Gasteiger partial charge in [0.1, 0.15) is 17.6 Å². The first kappa shape index (κ1) is 15.3. The Bertz CT molecular complexity index is 581. The number of amides is 1. The Morgan fingerprint density at radius 3 is 2.70 bits per heavy atom. The van der Waals surface area contributed by atoms with E-state index >= 15 is 0 Å². The van der Waals surface area contributed by atoms with E-state index in [1.54, 1.807) is 32.9 Å². The van der Waals surface area contributed by atoms with Crippen molar-refractivity contribution in [1.82, 2.24) is 10.9 Å².